The zero-order chi connectivity index (χ0) is 20.4. The highest BCUT2D eigenvalue weighted by atomic mass is 32.2. The third kappa shape index (κ3) is 4.46. The lowest BCUT2D eigenvalue weighted by Gasteiger charge is -2.30. The molecule has 1 atom stereocenters. The molecule has 1 aliphatic carbocycles. The summed E-state index contributed by atoms with van der Waals surface area (Å²) >= 11 is 0. The highest BCUT2D eigenvalue weighted by molar-refractivity contribution is 7.88. The van der Waals surface area contributed by atoms with Crippen molar-refractivity contribution in [2.45, 2.75) is 37.8 Å². The number of piperidine rings is 1. The minimum Gasteiger partial charge on any atom is -0.489 e. The molecule has 1 aliphatic heterocycles. The van der Waals surface area contributed by atoms with Gasteiger partial charge in [0.05, 0.1) is 17.9 Å². The molecule has 1 saturated heterocycles. The Morgan fingerprint density at radius 1 is 1.03 bits per heavy atom. The molecule has 0 aromatic heterocycles. The van der Waals surface area contributed by atoms with Crippen LogP contribution in [0.5, 0.6) is 5.75 Å². The molecule has 4 rings (SSSR count). The minimum atomic E-state index is -3.17. The molecule has 6 nitrogen and oxygen atoms in total. The van der Waals surface area contributed by atoms with Gasteiger partial charge in [-0.05, 0) is 48.9 Å². The Bertz CT molecular complexity index is 997. The van der Waals surface area contributed by atoms with Gasteiger partial charge in [0, 0.05) is 13.1 Å². The quantitative estimate of drug-likeness (QED) is 0.816. The van der Waals surface area contributed by atoms with E-state index in [4.69, 9.17) is 4.74 Å². The lowest BCUT2D eigenvalue weighted by molar-refractivity contribution is 0.0922. The van der Waals surface area contributed by atoms with Crippen LogP contribution < -0.4 is 10.1 Å². The average Bonchev–Trinajstić information content (AvgIpc) is 3.11. The second-order valence-electron chi connectivity index (χ2n) is 7.74. The number of fused-ring (bicyclic) bond motifs is 1. The number of rotatable bonds is 5. The van der Waals surface area contributed by atoms with E-state index in [1.165, 1.54) is 21.7 Å². The molecule has 7 heteroatoms. The fourth-order valence-electron chi connectivity index (χ4n) is 4.16. The summed E-state index contributed by atoms with van der Waals surface area (Å²) in [4.78, 5) is 13.0. The van der Waals surface area contributed by atoms with Crippen molar-refractivity contribution in [3.63, 3.8) is 0 Å². The Morgan fingerprint density at radius 3 is 2.48 bits per heavy atom. The number of para-hydroxylation sites is 1. The zero-order valence-electron chi connectivity index (χ0n) is 16.5. The van der Waals surface area contributed by atoms with Crippen molar-refractivity contribution in [3.8, 4) is 5.75 Å². The van der Waals surface area contributed by atoms with Crippen molar-refractivity contribution >= 4 is 15.9 Å². The summed E-state index contributed by atoms with van der Waals surface area (Å²) in [6.45, 7) is 0.882. The van der Waals surface area contributed by atoms with Crippen LogP contribution in [-0.2, 0) is 16.4 Å². The van der Waals surface area contributed by atoms with E-state index in [-0.39, 0.29) is 18.1 Å². The van der Waals surface area contributed by atoms with Gasteiger partial charge in [0.15, 0.2) is 0 Å². The SMILES string of the molecule is CS(=O)(=O)N1CCC(Oc2ccccc2C(=O)N[C@@H]2CCc3ccccc32)CC1. The van der Waals surface area contributed by atoms with Gasteiger partial charge in [0.1, 0.15) is 11.9 Å². The topological polar surface area (TPSA) is 75.7 Å². The van der Waals surface area contributed by atoms with E-state index in [1.807, 2.05) is 24.3 Å². The summed E-state index contributed by atoms with van der Waals surface area (Å²) < 4.78 is 31.0. The summed E-state index contributed by atoms with van der Waals surface area (Å²) in [6.07, 6.45) is 4.22. The number of hydrogen-bond donors (Lipinski definition) is 1. The van der Waals surface area contributed by atoms with Gasteiger partial charge >= 0.3 is 0 Å². The van der Waals surface area contributed by atoms with Crippen LogP contribution in [-0.4, -0.2) is 44.1 Å². The fraction of sp³-hybridized carbons (Fsp3) is 0.409. The molecule has 1 fully saturated rings. The maximum atomic E-state index is 13.0. The summed E-state index contributed by atoms with van der Waals surface area (Å²) in [5.74, 6) is 0.407. The molecular weight excluding hydrogens is 388 g/mol. The highest BCUT2D eigenvalue weighted by Crippen LogP contribution is 2.32. The third-order valence-corrected chi connectivity index (χ3v) is 7.04. The third-order valence-electron chi connectivity index (χ3n) is 5.73. The van der Waals surface area contributed by atoms with Gasteiger partial charge in [0.2, 0.25) is 10.0 Å². The van der Waals surface area contributed by atoms with Gasteiger partial charge in [-0.2, -0.15) is 0 Å². The Kier molecular flexibility index (Phi) is 5.61. The summed E-state index contributed by atoms with van der Waals surface area (Å²) in [6, 6.07) is 15.5. The maximum absolute atomic E-state index is 13.0. The van der Waals surface area contributed by atoms with E-state index in [0.717, 1.165) is 12.8 Å². The van der Waals surface area contributed by atoms with Gasteiger partial charge < -0.3 is 10.1 Å². The van der Waals surface area contributed by atoms with Gasteiger partial charge in [-0.3, -0.25) is 4.79 Å². The van der Waals surface area contributed by atoms with Crippen molar-refractivity contribution in [2.75, 3.05) is 19.3 Å². The standard InChI is InChI=1S/C22H26N2O4S/c1-29(26,27)24-14-12-17(13-15-24)28-21-9-5-4-8-19(21)22(25)23-20-11-10-16-6-2-3-7-18(16)20/h2-9,17,20H,10-15H2,1H3,(H,23,25)/t20-/m1/s1. The van der Waals surface area contributed by atoms with E-state index in [0.29, 0.717) is 37.2 Å². The number of aryl methyl sites for hydroxylation is 1. The molecule has 1 heterocycles. The van der Waals surface area contributed by atoms with Crippen molar-refractivity contribution < 1.29 is 17.9 Å². The molecule has 29 heavy (non-hydrogen) atoms. The molecule has 0 spiro atoms. The molecule has 0 bridgehead atoms. The van der Waals surface area contributed by atoms with E-state index >= 15 is 0 Å². The van der Waals surface area contributed by atoms with E-state index in [9.17, 15) is 13.2 Å². The van der Waals surface area contributed by atoms with Crippen molar-refractivity contribution in [1.29, 1.82) is 0 Å². The molecule has 1 N–H and O–H groups in total. The molecule has 154 valence electrons. The Hall–Kier alpha value is -2.38. The van der Waals surface area contributed by atoms with Crippen LogP contribution in [0.15, 0.2) is 48.5 Å². The average molecular weight is 415 g/mol. The molecule has 0 radical (unpaired) electrons. The zero-order valence-corrected chi connectivity index (χ0v) is 17.3. The van der Waals surface area contributed by atoms with Gasteiger partial charge in [-0.1, -0.05) is 36.4 Å². The minimum absolute atomic E-state index is 0.0183. The van der Waals surface area contributed by atoms with Crippen LogP contribution in [0, 0.1) is 0 Å². The number of carbonyl (C=O) groups excluding carboxylic acids is 1. The first kappa shape index (κ1) is 19.9. The van der Waals surface area contributed by atoms with Crippen LogP contribution in [0.25, 0.3) is 0 Å². The Morgan fingerprint density at radius 2 is 1.72 bits per heavy atom. The number of sulfonamides is 1. The number of carbonyl (C=O) groups is 1. The van der Waals surface area contributed by atoms with Crippen LogP contribution >= 0.6 is 0 Å². The largest absolute Gasteiger partial charge is 0.489 e. The van der Waals surface area contributed by atoms with Gasteiger partial charge in [-0.25, -0.2) is 12.7 Å². The van der Waals surface area contributed by atoms with Crippen molar-refractivity contribution in [2.24, 2.45) is 0 Å². The molecule has 0 saturated carbocycles. The number of benzene rings is 2. The second kappa shape index (κ2) is 8.16. The number of nitrogens with one attached hydrogen (secondary N) is 1. The highest BCUT2D eigenvalue weighted by Gasteiger charge is 2.28. The molecular formula is C22H26N2O4S. The monoisotopic (exact) mass is 414 g/mol. The summed E-state index contributed by atoms with van der Waals surface area (Å²) in [5, 5.41) is 3.15. The molecule has 2 aliphatic rings. The Labute approximate surface area is 171 Å². The van der Waals surface area contributed by atoms with Crippen LogP contribution in [0.2, 0.25) is 0 Å². The van der Waals surface area contributed by atoms with Crippen LogP contribution in [0.4, 0.5) is 0 Å². The Balaban J connectivity index is 1.43. The number of nitrogens with zero attached hydrogens (tertiary/aromatic N) is 1. The molecule has 1 amide bonds. The van der Waals surface area contributed by atoms with E-state index in [1.54, 1.807) is 12.1 Å². The van der Waals surface area contributed by atoms with Gasteiger partial charge in [-0.15, -0.1) is 0 Å². The van der Waals surface area contributed by atoms with Crippen molar-refractivity contribution in [3.05, 3.63) is 65.2 Å². The molecule has 2 aromatic carbocycles. The predicted octanol–water partition coefficient (Wildman–Crippen LogP) is 2.91. The number of ether oxygens (including phenoxy) is 1. The smallest absolute Gasteiger partial charge is 0.255 e. The van der Waals surface area contributed by atoms with Crippen LogP contribution in [0.1, 0.15) is 46.8 Å². The predicted molar refractivity (Wildman–Crippen MR) is 111 cm³/mol. The molecule has 2 aromatic rings. The first-order valence-electron chi connectivity index (χ1n) is 10.0. The maximum Gasteiger partial charge on any atom is 0.255 e. The lowest BCUT2D eigenvalue weighted by atomic mass is 10.1. The van der Waals surface area contributed by atoms with Crippen molar-refractivity contribution in [1.82, 2.24) is 9.62 Å². The first-order valence-corrected chi connectivity index (χ1v) is 11.9. The van der Waals surface area contributed by atoms with E-state index < -0.39 is 10.0 Å². The normalized spacial score (nSPS) is 20.2. The first-order chi connectivity index (χ1) is 13.9. The summed E-state index contributed by atoms with van der Waals surface area (Å²) in [5.41, 5.74) is 3.00. The number of hydrogen-bond acceptors (Lipinski definition) is 4. The fourth-order valence-corrected chi connectivity index (χ4v) is 5.04. The van der Waals surface area contributed by atoms with E-state index in [2.05, 4.69) is 17.4 Å². The number of amides is 1. The second-order valence-corrected chi connectivity index (χ2v) is 9.72. The summed E-state index contributed by atoms with van der Waals surface area (Å²) in [7, 11) is -3.17. The lowest BCUT2D eigenvalue weighted by Crippen LogP contribution is -2.41. The van der Waals surface area contributed by atoms with Crippen LogP contribution in [0.3, 0.4) is 0 Å². The van der Waals surface area contributed by atoms with Gasteiger partial charge in [0.25, 0.3) is 5.91 Å². The molecule has 0 unspecified atom stereocenters.